The largest absolute Gasteiger partial charge is 0.476 e. The van der Waals surface area contributed by atoms with Gasteiger partial charge in [0.25, 0.3) is 0 Å². The Kier molecular flexibility index (Phi) is 1.94. The summed E-state index contributed by atoms with van der Waals surface area (Å²) < 4.78 is 0. The Morgan fingerprint density at radius 2 is 2.23 bits per heavy atom. The quantitative estimate of drug-likeness (QED) is 0.712. The van der Waals surface area contributed by atoms with Gasteiger partial charge in [-0.05, 0) is 12.1 Å². The molecule has 1 aromatic rings. The standard InChI is InChI=1S/C8H6N2O2S/c11-8(12)7-10-9-5-3-1-2-4-6(5)13-7/h1-4,9H,(H,11,12). The minimum Gasteiger partial charge on any atom is -0.476 e. The summed E-state index contributed by atoms with van der Waals surface area (Å²) in [7, 11) is 0. The van der Waals surface area contributed by atoms with Crippen LogP contribution in [-0.4, -0.2) is 16.1 Å². The Morgan fingerprint density at radius 3 is 3.00 bits per heavy atom. The summed E-state index contributed by atoms with van der Waals surface area (Å²) in [5.41, 5.74) is 3.53. The van der Waals surface area contributed by atoms with Gasteiger partial charge in [-0.15, -0.1) is 0 Å². The highest BCUT2D eigenvalue weighted by atomic mass is 32.2. The van der Waals surface area contributed by atoms with Crippen molar-refractivity contribution < 1.29 is 9.90 Å². The molecule has 0 amide bonds. The lowest BCUT2D eigenvalue weighted by Gasteiger charge is -2.13. The van der Waals surface area contributed by atoms with Gasteiger partial charge in [0.15, 0.2) is 0 Å². The monoisotopic (exact) mass is 194 g/mol. The van der Waals surface area contributed by atoms with Crippen LogP contribution in [0.25, 0.3) is 0 Å². The van der Waals surface area contributed by atoms with Crippen LogP contribution in [0.5, 0.6) is 0 Å². The molecule has 1 aromatic carbocycles. The summed E-state index contributed by atoms with van der Waals surface area (Å²) in [6.45, 7) is 0. The molecule has 0 saturated carbocycles. The van der Waals surface area contributed by atoms with Crippen LogP contribution in [0.15, 0.2) is 34.3 Å². The molecular weight excluding hydrogens is 188 g/mol. The lowest BCUT2D eigenvalue weighted by molar-refractivity contribution is -0.129. The maximum Gasteiger partial charge on any atom is 0.363 e. The molecule has 0 aliphatic carbocycles. The average molecular weight is 194 g/mol. The molecule has 0 atom stereocenters. The number of hydrogen-bond donors (Lipinski definition) is 2. The Labute approximate surface area is 78.6 Å². The lowest BCUT2D eigenvalue weighted by atomic mass is 10.3. The molecule has 4 nitrogen and oxygen atoms in total. The van der Waals surface area contributed by atoms with E-state index in [1.165, 1.54) is 0 Å². The summed E-state index contributed by atoms with van der Waals surface area (Å²) in [5.74, 6) is -1.01. The number of nitrogens with zero attached hydrogens (tertiary/aromatic N) is 1. The molecule has 2 rings (SSSR count). The van der Waals surface area contributed by atoms with E-state index < -0.39 is 5.97 Å². The zero-order valence-electron chi connectivity index (χ0n) is 6.52. The fraction of sp³-hybridized carbons (Fsp3) is 0. The number of fused-ring (bicyclic) bond motifs is 1. The third kappa shape index (κ3) is 1.50. The van der Waals surface area contributed by atoms with E-state index in [0.29, 0.717) is 0 Å². The molecule has 0 fully saturated rings. The zero-order valence-corrected chi connectivity index (χ0v) is 7.34. The van der Waals surface area contributed by atoms with Gasteiger partial charge in [-0.25, -0.2) is 4.79 Å². The van der Waals surface area contributed by atoms with Crippen LogP contribution in [0.3, 0.4) is 0 Å². The van der Waals surface area contributed by atoms with Crippen molar-refractivity contribution in [2.75, 3.05) is 5.43 Å². The Hall–Kier alpha value is -1.49. The van der Waals surface area contributed by atoms with Crippen LogP contribution in [0.2, 0.25) is 0 Å². The smallest absolute Gasteiger partial charge is 0.363 e. The normalized spacial score (nSPS) is 14.0. The highest BCUT2D eigenvalue weighted by Gasteiger charge is 2.17. The maximum absolute atomic E-state index is 10.6. The number of benzene rings is 1. The minimum atomic E-state index is -1.01. The van der Waals surface area contributed by atoms with Crippen LogP contribution >= 0.6 is 11.8 Å². The molecule has 1 heterocycles. The number of carboxylic acids is 1. The second-order valence-electron chi connectivity index (χ2n) is 2.43. The number of thioether (sulfide) groups is 1. The van der Waals surface area contributed by atoms with Gasteiger partial charge >= 0.3 is 5.97 Å². The van der Waals surface area contributed by atoms with E-state index >= 15 is 0 Å². The molecule has 66 valence electrons. The number of hydrogen-bond acceptors (Lipinski definition) is 4. The SMILES string of the molecule is O=C(O)C1=NNc2ccccc2S1. The number of carboxylic acid groups (broad SMARTS) is 1. The molecule has 0 bridgehead atoms. The maximum atomic E-state index is 10.6. The van der Waals surface area contributed by atoms with Gasteiger partial charge in [-0.3, -0.25) is 5.43 Å². The molecule has 0 spiro atoms. The number of rotatable bonds is 1. The van der Waals surface area contributed by atoms with E-state index in [-0.39, 0.29) is 5.04 Å². The van der Waals surface area contributed by atoms with E-state index in [0.717, 1.165) is 22.3 Å². The second kappa shape index (κ2) is 3.10. The van der Waals surface area contributed by atoms with Crippen LogP contribution in [0.1, 0.15) is 0 Å². The van der Waals surface area contributed by atoms with Crippen molar-refractivity contribution in [1.29, 1.82) is 0 Å². The van der Waals surface area contributed by atoms with Gasteiger partial charge < -0.3 is 5.11 Å². The summed E-state index contributed by atoms with van der Waals surface area (Å²) >= 11 is 1.15. The summed E-state index contributed by atoms with van der Waals surface area (Å²) in [6, 6.07) is 7.43. The predicted octanol–water partition coefficient (Wildman–Crippen LogP) is 1.60. The first-order valence-electron chi connectivity index (χ1n) is 3.61. The van der Waals surface area contributed by atoms with Crippen LogP contribution < -0.4 is 5.43 Å². The van der Waals surface area contributed by atoms with E-state index in [4.69, 9.17) is 5.11 Å². The molecule has 0 unspecified atom stereocenters. The number of nitrogens with one attached hydrogen (secondary N) is 1. The minimum absolute atomic E-state index is 0.0682. The predicted molar refractivity (Wildman–Crippen MR) is 51.0 cm³/mol. The highest BCUT2D eigenvalue weighted by molar-refractivity contribution is 8.15. The van der Waals surface area contributed by atoms with Crippen molar-refractivity contribution in [3.63, 3.8) is 0 Å². The third-order valence-corrected chi connectivity index (χ3v) is 2.59. The van der Waals surface area contributed by atoms with Crippen LogP contribution in [0.4, 0.5) is 5.69 Å². The van der Waals surface area contributed by atoms with Gasteiger partial charge in [0.1, 0.15) is 0 Å². The van der Waals surface area contributed by atoms with Crippen molar-refractivity contribution in [2.24, 2.45) is 5.10 Å². The molecular formula is C8H6N2O2S. The topological polar surface area (TPSA) is 61.7 Å². The Balaban J connectivity index is 2.33. The summed E-state index contributed by atoms with van der Waals surface area (Å²) in [4.78, 5) is 11.5. The van der Waals surface area contributed by atoms with Gasteiger partial charge in [0, 0.05) is 4.90 Å². The third-order valence-electron chi connectivity index (χ3n) is 1.55. The van der Waals surface area contributed by atoms with Crippen LogP contribution in [0, 0.1) is 0 Å². The molecule has 5 heteroatoms. The first-order chi connectivity index (χ1) is 6.27. The van der Waals surface area contributed by atoms with Crippen molar-refractivity contribution in [3.05, 3.63) is 24.3 Å². The second-order valence-corrected chi connectivity index (χ2v) is 3.46. The fourth-order valence-electron chi connectivity index (χ4n) is 0.977. The first kappa shape index (κ1) is 8.12. The molecule has 0 saturated heterocycles. The molecule has 13 heavy (non-hydrogen) atoms. The fourth-order valence-corrected chi connectivity index (χ4v) is 1.73. The van der Waals surface area contributed by atoms with E-state index in [1.54, 1.807) is 0 Å². The number of hydrazone groups is 1. The average Bonchev–Trinajstić information content (AvgIpc) is 2.17. The number of carbonyl (C=O) groups is 1. The van der Waals surface area contributed by atoms with Crippen LogP contribution in [-0.2, 0) is 4.79 Å². The zero-order chi connectivity index (χ0) is 9.26. The molecule has 0 radical (unpaired) electrons. The van der Waals surface area contributed by atoms with Gasteiger partial charge in [-0.1, -0.05) is 23.9 Å². The molecule has 2 N–H and O–H groups in total. The molecule has 1 aliphatic heterocycles. The first-order valence-corrected chi connectivity index (χ1v) is 4.43. The van der Waals surface area contributed by atoms with E-state index in [9.17, 15) is 4.79 Å². The summed E-state index contributed by atoms with van der Waals surface area (Å²) in [5, 5.41) is 12.4. The lowest BCUT2D eigenvalue weighted by Crippen LogP contribution is -2.14. The van der Waals surface area contributed by atoms with Gasteiger partial charge in [0.2, 0.25) is 5.04 Å². The number of anilines is 1. The van der Waals surface area contributed by atoms with Crippen molar-refractivity contribution in [1.82, 2.24) is 0 Å². The Bertz CT molecular complexity index is 389. The summed E-state index contributed by atoms with van der Waals surface area (Å²) in [6.07, 6.45) is 0. The van der Waals surface area contributed by atoms with Gasteiger partial charge in [-0.2, -0.15) is 5.10 Å². The van der Waals surface area contributed by atoms with E-state index in [1.807, 2.05) is 24.3 Å². The number of para-hydroxylation sites is 1. The number of aliphatic carboxylic acids is 1. The van der Waals surface area contributed by atoms with Crippen molar-refractivity contribution in [3.8, 4) is 0 Å². The molecule has 1 aliphatic rings. The van der Waals surface area contributed by atoms with Gasteiger partial charge in [0.05, 0.1) is 5.69 Å². The van der Waals surface area contributed by atoms with E-state index in [2.05, 4.69) is 10.5 Å². The van der Waals surface area contributed by atoms with Crippen molar-refractivity contribution in [2.45, 2.75) is 4.90 Å². The Morgan fingerprint density at radius 1 is 1.46 bits per heavy atom. The van der Waals surface area contributed by atoms with Crippen molar-refractivity contribution >= 4 is 28.5 Å². The molecule has 0 aromatic heterocycles. The highest BCUT2D eigenvalue weighted by Crippen LogP contribution is 2.31.